The van der Waals surface area contributed by atoms with Crippen LogP contribution in [0.3, 0.4) is 0 Å². The summed E-state index contributed by atoms with van der Waals surface area (Å²) in [5.41, 5.74) is -2.24. The second kappa shape index (κ2) is 10.7. The highest BCUT2D eigenvalue weighted by molar-refractivity contribution is 7.29. The molecular weight excluding hydrogens is 648 g/mol. The quantitative estimate of drug-likeness (QED) is 0.0983. The number of benzene rings is 2. The Labute approximate surface area is 247 Å². The van der Waals surface area contributed by atoms with Crippen molar-refractivity contribution in [3.8, 4) is 50.1 Å². The molecule has 214 valence electrons. The van der Waals surface area contributed by atoms with E-state index in [2.05, 4.69) is 0 Å². The predicted octanol–water partition coefficient (Wildman–Crippen LogP) is 11.8. The van der Waals surface area contributed by atoms with Crippen molar-refractivity contribution in [1.82, 2.24) is 0 Å². The molecule has 6 aromatic rings. The van der Waals surface area contributed by atoms with Gasteiger partial charge in [0.15, 0.2) is 40.7 Å². The van der Waals surface area contributed by atoms with Gasteiger partial charge < -0.3 is 0 Å². The SMILES string of the molecule is Cc1c(F)c(F)c(F)c(-c2ccc(-c3ccc(-c4ccc(-c5ccc(-c6c(F)c(F)c(F)c(F)c6F)s5)s4)s3)s2)c1F. The van der Waals surface area contributed by atoms with Crippen molar-refractivity contribution in [2.75, 3.05) is 0 Å². The van der Waals surface area contributed by atoms with Crippen molar-refractivity contribution in [3.63, 3.8) is 0 Å². The van der Waals surface area contributed by atoms with Gasteiger partial charge in [-0.05, 0) is 55.5 Å². The third-order valence-electron chi connectivity index (χ3n) is 6.34. The summed E-state index contributed by atoms with van der Waals surface area (Å²) in [5.74, 6) is -16.1. The van der Waals surface area contributed by atoms with E-state index in [-0.39, 0.29) is 9.75 Å². The van der Waals surface area contributed by atoms with E-state index in [1.807, 2.05) is 12.1 Å². The van der Waals surface area contributed by atoms with E-state index in [4.69, 9.17) is 0 Å². The van der Waals surface area contributed by atoms with Gasteiger partial charge in [-0.25, -0.2) is 39.5 Å². The third kappa shape index (κ3) is 4.59. The highest BCUT2D eigenvalue weighted by atomic mass is 32.1. The molecule has 4 heterocycles. The average Bonchev–Trinajstić information content (AvgIpc) is 3.79. The molecule has 0 bridgehead atoms. The van der Waals surface area contributed by atoms with Gasteiger partial charge in [0, 0.05) is 44.6 Å². The van der Waals surface area contributed by atoms with Crippen molar-refractivity contribution in [2.45, 2.75) is 6.92 Å². The Bertz CT molecular complexity index is 1810. The van der Waals surface area contributed by atoms with Gasteiger partial charge in [-0.2, -0.15) is 0 Å². The largest absolute Gasteiger partial charge is 0.206 e. The number of thiophene rings is 4. The second-order valence-electron chi connectivity index (χ2n) is 8.86. The Morgan fingerprint density at radius 3 is 0.905 bits per heavy atom. The first-order valence-electron chi connectivity index (χ1n) is 11.7. The van der Waals surface area contributed by atoms with Crippen LogP contribution in [0.5, 0.6) is 0 Å². The van der Waals surface area contributed by atoms with Crippen LogP contribution in [0.15, 0.2) is 48.5 Å². The third-order valence-corrected chi connectivity index (χ3v) is 11.3. The molecule has 0 radical (unpaired) electrons. The van der Waals surface area contributed by atoms with Gasteiger partial charge in [0.2, 0.25) is 5.82 Å². The molecule has 0 spiro atoms. The molecule has 4 aromatic heterocycles. The lowest BCUT2D eigenvalue weighted by Crippen LogP contribution is -2.03. The Morgan fingerprint density at radius 1 is 0.310 bits per heavy atom. The highest BCUT2D eigenvalue weighted by Gasteiger charge is 2.28. The average molecular weight is 659 g/mol. The molecule has 0 fully saturated rings. The molecule has 13 heteroatoms. The smallest absolute Gasteiger partial charge is 0.200 e. The minimum atomic E-state index is -2.22. The molecular formula is C29H11F9S4. The first kappa shape index (κ1) is 28.7. The summed E-state index contributed by atoms with van der Waals surface area (Å²) in [6, 6.07) is 13.1. The zero-order valence-electron chi connectivity index (χ0n) is 20.7. The fraction of sp³-hybridized carbons (Fsp3) is 0.0345. The summed E-state index contributed by atoms with van der Waals surface area (Å²) in [4.78, 5) is 4.26. The van der Waals surface area contributed by atoms with Gasteiger partial charge in [-0.1, -0.05) is 0 Å². The lowest BCUT2D eigenvalue weighted by atomic mass is 10.1. The standard InChI is InChI=1S/C29H11F9S4/c1-10-21(30)19(23(32)26(35)22(10)31)17-8-6-15(41-17)13-4-2-11(39-13)12-3-5-14(40-12)16-7-9-18(42-16)20-24(33)27(36)29(38)28(37)25(20)34/h2-9H,1H3. The van der Waals surface area contributed by atoms with Crippen LogP contribution in [0.1, 0.15) is 5.56 Å². The molecule has 0 N–H and O–H groups in total. The predicted molar refractivity (Wildman–Crippen MR) is 149 cm³/mol. The van der Waals surface area contributed by atoms with E-state index in [9.17, 15) is 39.5 Å². The fourth-order valence-corrected chi connectivity index (χ4v) is 8.56. The van der Waals surface area contributed by atoms with Crippen LogP contribution in [0.2, 0.25) is 0 Å². The zero-order valence-corrected chi connectivity index (χ0v) is 23.9. The maximum absolute atomic E-state index is 14.6. The normalized spacial score (nSPS) is 11.6. The monoisotopic (exact) mass is 658 g/mol. The van der Waals surface area contributed by atoms with Gasteiger partial charge in [-0.3, -0.25) is 0 Å². The Morgan fingerprint density at radius 2 is 0.548 bits per heavy atom. The minimum absolute atomic E-state index is 0.0950. The topological polar surface area (TPSA) is 0 Å². The summed E-state index contributed by atoms with van der Waals surface area (Å²) in [7, 11) is 0. The fourth-order valence-electron chi connectivity index (χ4n) is 4.20. The van der Waals surface area contributed by atoms with Crippen LogP contribution in [0.25, 0.3) is 50.1 Å². The van der Waals surface area contributed by atoms with Crippen LogP contribution < -0.4 is 0 Å². The number of halogens is 9. The summed E-state index contributed by atoms with van der Waals surface area (Å²) >= 11 is 4.60. The van der Waals surface area contributed by atoms with E-state index in [0.717, 1.165) is 44.2 Å². The molecule has 0 aliphatic carbocycles. The van der Waals surface area contributed by atoms with E-state index >= 15 is 0 Å². The van der Waals surface area contributed by atoms with Gasteiger partial charge in [0.25, 0.3) is 0 Å². The molecule has 42 heavy (non-hydrogen) atoms. The Balaban J connectivity index is 1.28. The summed E-state index contributed by atoms with van der Waals surface area (Å²) in [6.45, 7) is 1.03. The molecule has 6 rings (SSSR count). The molecule has 0 unspecified atom stereocenters. The van der Waals surface area contributed by atoms with Crippen LogP contribution >= 0.6 is 45.3 Å². The lowest BCUT2D eigenvalue weighted by molar-refractivity contribution is 0.381. The van der Waals surface area contributed by atoms with E-state index in [1.165, 1.54) is 40.9 Å². The summed E-state index contributed by atoms with van der Waals surface area (Å²) in [5, 5.41) is 0. The van der Waals surface area contributed by atoms with Crippen LogP contribution in [0, 0.1) is 59.3 Å². The zero-order chi connectivity index (χ0) is 30.0. The van der Waals surface area contributed by atoms with Gasteiger partial charge in [0.05, 0.1) is 11.1 Å². The first-order valence-corrected chi connectivity index (χ1v) is 15.0. The van der Waals surface area contributed by atoms with Crippen LogP contribution in [0.4, 0.5) is 39.5 Å². The highest BCUT2D eigenvalue weighted by Crippen LogP contribution is 2.46. The molecule has 0 nitrogen and oxygen atoms in total. The molecule has 0 saturated carbocycles. The molecule has 2 aromatic carbocycles. The maximum Gasteiger partial charge on any atom is 0.200 e. The molecule has 0 atom stereocenters. The van der Waals surface area contributed by atoms with Crippen molar-refractivity contribution < 1.29 is 39.5 Å². The van der Waals surface area contributed by atoms with Crippen LogP contribution in [-0.2, 0) is 0 Å². The maximum atomic E-state index is 14.6. The molecule has 0 saturated heterocycles. The number of hydrogen-bond acceptors (Lipinski definition) is 4. The molecule has 0 amide bonds. The van der Waals surface area contributed by atoms with Crippen LogP contribution in [-0.4, -0.2) is 0 Å². The van der Waals surface area contributed by atoms with Crippen molar-refractivity contribution >= 4 is 45.3 Å². The number of hydrogen-bond donors (Lipinski definition) is 0. The second-order valence-corrected chi connectivity index (χ2v) is 13.2. The Hall–Kier alpha value is -3.39. The number of rotatable bonds is 5. The van der Waals surface area contributed by atoms with E-state index in [1.54, 1.807) is 18.2 Å². The summed E-state index contributed by atoms with van der Waals surface area (Å²) < 4.78 is 126. The van der Waals surface area contributed by atoms with Crippen molar-refractivity contribution in [2.24, 2.45) is 0 Å². The Kier molecular flexibility index (Phi) is 7.32. The van der Waals surface area contributed by atoms with Gasteiger partial charge in [-0.15, -0.1) is 45.3 Å². The van der Waals surface area contributed by atoms with Gasteiger partial charge in [0.1, 0.15) is 5.82 Å². The first-order chi connectivity index (χ1) is 20.0. The van der Waals surface area contributed by atoms with Gasteiger partial charge >= 0.3 is 0 Å². The van der Waals surface area contributed by atoms with E-state index < -0.39 is 69.0 Å². The molecule has 0 aliphatic rings. The minimum Gasteiger partial charge on any atom is -0.206 e. The van der Waals surface area contributed by atoms with Crippen molar-refractivity contribution in [3.05, 3.63) is 106 Å². The summed E-state index contributed by atoms with van der Waals surface area (Å²) in [6.07, 6.45) is 0. The lowest BCUT2D eigenvalue weighted by Gasteiger charge is -2.08. The van der Waals surface area contributed by atoms with Crippen molar-refractivity contribution in [1.29, 1.82) is 0 Å². The van der Waals surface area contributed by atoms with E-state index in [0.29, 0.717) is 14.6 Å². The molecule has 0 aliphatic heterocycles.